The Bertz CT molecular complexity index is 284. The van der Waals surface area contributed by atoms with Crippen molar-refractivity contribution in [2.24, 2.45) is 0 Å². The van der Waals surface area contributed by atoms with Gasteiger partial charge in [-0.1, -0.05) is 75.9 Å². The molecule has 0 amide bonds. The number of halogens is 4. The Balaban J connectivity index is 3.24. The van der Waals surface area contributed by atoms with E-state index in [4.69, 9.17) is 0 Å². The molecule has 78 valence electrons. The fourth-order valence-electron chi connectivity index (χ4n) is 1.36. The van der Waals surface area contributed by atoms with Gasteiger partial charge in [0.15, 0.2) is 0 Å². The molecule has 0 unspecified atom stereocenters. The van der Waals surface area contributed by atoms with Crippen molar-refractivity contribution in [1.29, 1.82) is 0 Å². The molecular formula is C10H10Br4. The standard InChI is InChI=1S/C10H10Br4/c11-3-7-1-8(4-12)10(6-14)9(2-7)5-13/h1-2H,3-6H2. The summed E-state index contributed by atoms with van der Waals surface area (Å²) in [6.45, 7) is 0. The van der Waals surface area contributed by atoms with Gasteiger partial charge in [-0.25, -0.2) is 0 Å². The number of benzene rings is 1. The van der Waals surface area contributed by atoms with Crippen LogP contribution >= 0.6 is 63.7 Å². The van der Waals surface area contributed by atoms with Crippen molar-refractivity contribution in [3.05, 3.63) is 34.4 Å². The van der Waals surface area contributed by atoms with E-state index in [0.29, 0.717) is 0 Å². The number of rotatable bonds is 4. The van der Waals surface area contributed by atoms with Crippen LogP contribution in [0.4, 0.5) is 0 Å². The highest BCUT2D eigenvalue weighted by molar-refractivity contribution is 9.09. The van der Waals surface area contributed by atoms with Gasteiger partial charge in [-0.3, -0.25) is 0 Å². The van der Waals surface area contributed by atoms with E-state index >= 15 is 0 Å². The summed E-state index contributed by atoms with van der Waals surface area (Å²) in [7, 11) is 0. The van der Waals surface area contributed by atoms with Crippen LogP contribution in [0.5, 0.6) is 0 Å². The summed E-state index contributed by atoms with van der Waals surface area (Å²) in [5, 5.41) is 3.65. The minimum absolute atomic E-state index is 0.911. The molecule has 0 aliphatic carbocycles. The third-order valence-corrected chi connectivity index (χ3v) is 4.49. The molecule has 0 heterocycles. The van der Waals surface area contributed by atoms with Crippen molar-refractivity contribution in [2.75, 3.05) is 0 Å². The number of hydrogen-bond acceptors (Lipinski definition) is 0. The van der Waals surface area contributed by atoms with Crippen LogP contribution in [0.15, 0.2) is 12.1 Å². The molecule has 0 aliphatic heterocycles. The van der Waals surface area contributed by atoms with E-state index < -0.39 is 0 Å². The monoisotopic (exact) mass is 446 g/mol. The molecular weight excluding hydrogens is 440 g/mol. The molecule has 0 saturated carbocycles. The van der Waals surface area contributed by atoms with Crippen LogP contribution in [0.3, 0.4) is 0 Å². The fraction of sp³-hybridized carbons (Fsp3) is 0.400. The predicted molar refractivity (Wildman–Crippen MR) is 77.0 cm³/mol. The third kappa shape index (κ3) is 3.06. The van der Waals surface area contributed by atoms with Crippen molar-refractivity contribution < 1.29 is 0 Å². The minimum atomic E-state index is 0.911. The molecule has 0 atom stereocenters. The molecule has 0 aliphatic rings. The van der Waals surface area contributed by atoms with E-state index in [0.717, 1.165) is 21.3 Å². The summed E-state index contributed by atoms with van der Waals surface area (Å²) < 4.78 is 0. The molecule has 14 heavy (non-hydrogen) atoms. The van der Waals surface area contributed by atoms with Gasteiger partial charge in [-0.05, 0) is 22.3 Å². The molecule has 0 saturated heterocycles. The molecule has 0 bridgehead atoms. The maximum absolute atomic E-state index is 3.53. The highest BCUT2D eigenvalue weighted by Gasteiger charge is 2.07. The Morgan fingerprint density at radius 2 is 1.21 bits per heavy atom. The number of alkyl halides is 4. The second-order valence-corrected chi connectivity index (χ2v) is 5.17. The Kier molecular flexibility index (Phi) is 6.29. The maximum atomic E-state index is 3.53. The zero-order valence-electron chi connectivity index (χ0n) is 7.49. The van der Waals surface area contributed by atoms with Gasteiger partial charge in [0.05, 0.1) is 0 Å². The second-order valence-electron chi connectivity index (χ2n) is 2.93. The minimum Gasteiger partial charge on any atom is -0.0876 e. The zero-order chi connectivity index (χ0) is 10.6. The van der Waals surface area contributed by atoms with Crippen LogP contribution in [-0.4, -0.2) is 0 Å². The fourth-order valence-corrected chi connectivity index (χ4v) is 3.40. The van der Waals surface area contributed by atoms with Gasteiger partial charge in [-0.15, -0.1) is 0 Å². The largest absolute Gasteiger partial charge is 0.0876 e. The van der Waals surface area contributed by atoms with E-state index in [9.17, 15) is 0 Å². The van der Waals surface area contributed by atoms with Crippen molar-refractivity contribution in [1.82, 2.24) is 0 Å². The van der Waals surface area contributed by atoms with Crippen molar-refractivity contribution in [3.8, 4) is 0 Å². The lowest BCUT2D eigenvalue weighted by Crippen LogP contribution is -1.97. The topological polar surface area (TPSA) is 0 Å². The summed E-state index contributed by atoms with van der Waals surface area (Å²) in [4.78, 5) is 0. The summed E-state index contributed by atoms with van der Waals surface area (Å²) >= 11 is 14.1. The van der Waals surface area contributed by atoms with E-state index in [-0.39, 0.29) is 0 Å². The summed E-state index contributed by atoms with van der Waals surface area (Å²) in [6.07, 6.45) is 0. The van der Waals surface area contributed by atoms with E-state index in [1.54, 1.807) is 0 Å². The highest BCUT2D eigenvalue weighted by atomic mass is 79.9. The van der Waals surface area contributed by atoms with Gasteiger partial charge in [-0.2, -0.15) is 0 Å². The quantitative estimate of drug-likeness (QED) is 0.550. The van der Waals surface area contributed by atoms with Crippen LogP contribution in [-0.2, 0) is 21.3 Å². The zero-order valence-corrected chi connectivity index (χ0v) is 13.8. The Labute approximate surface area is 118 Å². The summed E-state index contributed by atoms with van der Waals surface area (Å²) in [5.74, 6) is 0. The lowest BCUT2D eigenvalue weighted by molar-refractivity contribution is 1.20. The first-order valence-electron chi connectivity index (χ1n) is 4.14. The lowest BCUT2D eigenvalue weighted by Gasteiger charge is -2.11. The Morgan fingerprint density at radius 3 is 1.50 bits per heavy atom. The molecule has 4 heteroatoms. The molecule has 0 fully saturated rings. The van der Waals surface area contributed by atoms with E-state index in [1.807, 2.05) is 0 Å². The van der Waals surface area contributed by atoms with Gasteiger partial charge in [0, 0.05) is 21.3 Å². The van der Waals surface area contributed by atoms with Crippen molar-refractivity contribution >= 4 is 63.7 Å². The van der Waals surface area contributed by atoms with Crippen LogP contribution in [0.2, 0.25) is 0 Å². The van der Waals surface area contributed by atoms with Crippen LogP contribution < -0.4 is 0 Å². The molecule has 0 nitrogen and oxygen atoms in total. The normalized spacial score (nSPS) is 10.6. The van der Waals surface area contributed by atoms with Gasteiger partial charge >= 0.3 is 0 Å². The molecule has 1 aromatic rings. The van der Waals surface area contributed by atoms with Crippen LogP contribution in [0.25, 0.3) is 0 Å². The first-order chi connectivity index (χ1) is 6.76. The maximum Gasteiger partial charge on any atom is 0.0289 e. The first kappa shape index (κ1) is 13.2. The summed E-state index contributed by atoms with van der Waals surface area (Å²) in [6, 6.07) is 4.48. The van der Waals surface area contributed by atoms with E-state index in [2.05, 4.69) is 75.9 Å². The SMILES string of the molecule is BrCc1cc(CBr)c(CBr)c(CBr)c1. The average molecular weight is 450 g/mol. The molecule has 1 rings (SSSR count). The molecule has 1 aromatic carbocycles. The molecule has 0 N–H and O–H groups in total. The Hall–Kier alpha value is 1.14. The lowest BCUT2D eigenvalue weighted by atomic mass is 10.0. The molecule has 0 spiro atoms. The van der Waals surface area contributed by atoms with Crippen molar-refractivity contribution in [2.45, 2.75) is 21.3 Å². The number of hydrogen-bond donors (Lipinski definition) is 0. The van der Waals surface area contributed by atoms with Crippen LogP contribution in [0, 0.1) is 0 Å². The highest BCUT2D eigenvalue weighted by Crippen LogP contribution is 2.25. The smallest absolute Gasteiger partial charge is 0.0289 e. The van der Waals surface area contributed by atoms with Gasteiger partial charge in [0.25, 0.3) is 0 Å². The first-order valence-corrected chi connectivity index (χ1v) is 8.62. The third-order valence-electron chi connectivity index (χ3n) is 2.07. The average Bonchev–Trinajstić information content (AvgIpc) is 2.26. The van der Waals surface area contributed by atoms with Gasteiger partial charge in [0.2, 0.25) is 0 Å². The van der Waals surface area contributed by atoms with Gasteiger partial charge in [0.1, 0.15) is 0 Å². The van der Waals surface area contributed by atoms with Gasteiger partial charge < -0.3 is 0 Å². The summed E-state index contributed by atoms with van der Waals surface area (Å²) in [5.41, 5.74) is 5.46. The molecule has 0 aromatic heterocycles. The van der Waals surface area contributed by atoms with Crippen LogP contribution in [0.1, 0.15) is 22.3 Å². The second kappa shape index (κ2) is 6.66. The van der Waals surface area contributed by atoms with Crippen molar-refractivity contribution in [3.63, 3.8) is 0 Å². The molecule has 0 radical (unpaired) electrons. The van der Waals surface area contributed by atoms with E-state index in [1.165, 1.54) is 22.3 Å². The Morgan fingerprint density at radius 1 is 0.714 bits per heavy atom. The predicted octanol–water partition coefficient (Wildman–Crippen LogP) is 5.27.